The first kappa shape index (κ1) is 19.8. The largest absolute Gasteiger partial charge is 0.447 e. The third kappa shape index (κ3) is 5.01. The quantitative estimate of drug-likeness (QED) is 0.802. The molecule has 2 N–H and O–H groups in total. The van der Waals surface area contributed by atoms with Gasteiger partial charge in [-0.05, 0) is 38.0 Å². The van der Waals surface area contributed by atoms with Crippen LogP contribution in [0.4, 0.5) is 9.18 Å². The summed E-state index contributed by atoms with van der Waals surface area (Å²) in [5, 5.41) is 5.70. The molecule has 0 saturated carbocycles. The van der Waals surface area contributed by atoms with Crippen LogP contribution in [-0.4, -0.2) is 29.1 Å². The minimum Gasteiger partial charge on any atom is -0.447 e. The van der Waals surface area contributed by atoms with Crippen LogP contribution in [0.3, 0.4) is 0 Å². The van der Waals surface area contributed by atoms with Gasteiger partial charge < -0.3 is 15.4 Å². The molecule has 0 spiro atoms. The van der Waals surface area contributed by atoms with Gasteiger partial charge in [-0.3, -0.25) is 4.79 Å². The summed E-state index contributed by atoms with van der Waals surface area (Å²) in [6, 6.07) is 3.49. The number of hydrogen-bond acceptors (Lipinski definition) is 5. The molecule has 0 radical (unpaired) electrons. The zero-order valence-electron chi connectivity index (χ0n) is 15.1. The van der Waals surface area contributed by atoms with E-state index in [1.807, 2.05) is 13.8 Å². The van der Waals surface area contributed by atoms with Crippen LogP contribution in [0.5, 0.6) is 0 Å². The summed E-state index contributed by atoms with van der Waals surface area (Å²) >= 11 is 1.23. The van der Waals surface area contributed by atoms with Crippen LogP contribution in [-0.2, 0) is 9.53 Å². The van der Waals surface area contributed by atoms with Crippen LogP contribution in [0.2, 0.25) is 0 Å². The summed E-state index contributed by atoms with van der Waals surface area (Å²) in [7, 11) is 0. The average molecular weight is 379 g/mol. The number of rotatable bonds is 6. The van der Waals surface area contributed by atoms with Gasteiger partial charge in [-0.25, -0.2) is 14.2 Å². The second-order valence-electron chi connectivity index (χ2n) is 6.42. The first-order valence-electron chi connectivity index (χ1n) is 8.20. The standard InChI is InChI=1S/C18H22FN3O3S/c1-9(2)15(22-18(24)25-10(3)4)16(23)20-11(5)17-21-13-7-6-12(19)8-14(13)26-17/h6-10,15H,5H2,1-4H3,(H,20,23)(H,22,24)/t15-/m0/s1. The van der Waals surface area contributed by atoms with Crippen LogP contribution in [0.15, 0.2) is 24.8 Å². The van der Waals surface area contributed by atoms with Crippen molar-refractivity contribution in [1.29, 1.82) is 0 Å². The molecule has 1 atom stereocenters. The number of amides is 2. The lowest BCUT2D eigenvalue weighted by Crippen LogP contribution is -2.49. The van der Waals surface area contributed by atoms with Gasteiger partial charge in [0.25, 0.3) is 0 Å². The van der Waals surface area contributed by atoms with Crippen molar-refractivity contribution in [3.8, 4) is 0 Å². The maximum Gasteiger partial charge on any atom is 0.408 e. The zero-order chi connectivity index (χ0) is 19.4. The molecule has 8 heteroatoms. The van der Waals surface area contributed by atoms with Crippen molar-refractivity contribution in [2.75, 3.05) is 0 Å². The maximum atomic E-state index is 13.3. The summed E-state index contributed by atoms with van der Waals surface area (Å²) in [5.41, 5.74) is 0.919. The third-order valence-corrected chi connectivity index (χ3v) is 4.53. The zero-order valence-corrected chi connectivity index (χ0v) is 15.9. The maximum absolute atomic E-state index is 13.3. The highest BCUT2D eigenvalue weighted by atomic mass is 32.1. The van der Waals surface area contributed by atoms with Crippen LogP contribution >= 0.6 is 11.3 Å². The topological polar surface area (TPSA) is 80.3 Å². The van der Waals surface area contributed by atoms with Gasteiger partial charge in [0.15, 0.2) is 0 Å². The summed E-state index contributed by atoms with van der Waals surface area (Å²) < 4.78 is 19.0. The molecule has 0 aliphatic rings. The number of halogens is 1. The Bertz CT molecular complexity index is 832. The van der Waals surface area contributed by atoms with E-state index in [4.69, 9.17) is 4.74 Å². The van der Waals surface area contributed by atoms with E-state index in [0.29, 0.717) is 20.9 Å². The van der Waals surface area contributed by atoms with Gasteiger partial charge in [0.05, 0.1) is 22.0 Å². The average Bonchev–Trinajstić information content (AvgIpc) is 2.94. The van der Waals surface area contributed by atoms with Crippen molar-refractivity contribution in [2.24, 2.45) is 5.92 Å². The molecule has 2 aromatic rings. The predicted octanol–water partition coefficient (Wildman–Crippen LogP) is 3.68. The minimum absolute atomic E-state index is 0.160. The highest BCUT2D eigenvalue weighted by Gasteiger charge is 2.26. The Balaban J connectivity index is 2.09. The van der Waals surface area contributed by atoms with Gasteiger partial charge >= 0.3 is 6.09 Å². The molecule has 0 unspecified atom stereocenters. The number of carbonyl (C=O) groups is 2. The molecule has 6 nitrogen and oxygen atoms in total. The lowest BCUT2D eigenvalue weighted by Gasteiger charge is -2.22. The Hall–Kier alpha value is -2.48. The monoisotopic (exact) mass is 379 g/mol. The normalized spacial score (nSPS) is 12.3. The Kier molecular flexibility index (Phi) is 6.31. The Morgan fingerprint density at radius 3 is 2.58 bits per heavy atom. The van der Waals surface area contributed by atoms with Crippen molar-refractivity contribution in [3.63, 3.8) is 0 Å². The van der Waals surface area contributed by atoms with Crippen molar-refractivity contribution in [2.45, 2.75) is 39.8 Å². The fraction of sp³-hybridized carbons (Fsp3) is 0.389. The number of aromatic nitrogens is 1. The third-order valence-electron chi connectivity index (χ3n) is 3.45. The summed E-state index contributed by atoms with van der Waals surface area (Å²) in [5.74, 6) is -0.932. The van der Waals surface area contributed by atoms with E-state index in [-0.39, 0.29) is 17.8 Å². The molecule has 1 heterocycles. The molecule has 0 aliphatic heterocycles. The number of nitrogens with one attached hydrogen (secondary N) is 2. The summed E-state index contributed by atoms with van der Waals surface area (Å²) in [4.78, 5) is 28.7. The van der Waals surface area contributed by atoms with Gasteiger partial charge in [-0.2, -0.15) is 0 Å². The lowest BCUT2D eigenvalue weighted by molar-refractivity contribution is -0.122. The number of fused-ring (bicyclic) bond motifs is 1. The second kappa shape index (κ2) is 8.27. The van der Waals surface area contributed by atoms with Crippen molar-refractivity contribution < 1.29 is 18.7 Å². The molecule has 2 rings (SSSR count). The lowest BCUT2D eigenvalue weighted by atomic mass is 10.0. The van der Waals surface area contributed by atoms with Crippen molar-refractivity contribution >= 4 is 39.3 Å². The highest BCUT2D eigenvalue weighted by Crippen LogP contribution is 2.26. The van der Waals surface area contributed by atoms with Gasteiger partial charge in [-0.1, -0.05) is 20.4 Å². The molecular formula is C18H22FN3O3S. The predicted molar refractivity (Wildman–Crippen MR) is 100 cm³/mol. The smallest absolute Gasteiger partial charge is 0.408 e. The molecular weight excluding hydrogens is 357 g/mol. The molecule has 0 saturated heterocycles. The van der Waals surface area contributed by atoms with Gasteiger partial charge in [0, 0.05) is 0 Å². The minimum atomic E-state index is -0.787. The van der Waals surface area contributed by atoms with E-state index in [0.717, 1.165) is 0 Å². The van der Waals surface area contributed by atoms with Gasteiger partial charge in [0.1, 0.15) is 16.9 Å². The second-order valence-corrected chi connectivity index (χ2v) is 7.45. The van der Waals surface area contributed by atoms with Crippen molar-refractivity contribution in [1.82, 2.24) is 15.6 Å². The SMILES string of the molecule is C=C(NC(=O)[C@@H](NC(=O)OC(C)C)C(C)C)c1nc2ccc(F)cc2s1. The molecule has 0 bridgehead atoms. The fourth-order valence-corrected chi connectivity index (χ4v) is 3.13. The molecule has 0 aliphatic carbocycles. The molecule has 1 aromatic carbocycles. The Morgan fingerprint density at radius 2 is 1.96 bits per heavy atom. The van der Waals surface area contributed by atoms with E-state index in [1.54, 1.807) is 19.9 Å². The van der Waals surface area contributed by atoms with Crippen LogP contribution in [0.25, 0.3) is 15.9 Å². The van der Waals surface area contributed by atoms with Crippen LogP contribution < -0.4 is 10.6 Å². The highest BCUT2D eigenvalue weighted by molar-refractivity contribution is 7.19. The van der Waals surface area contributed by atoms with E-state index >= 15 is 0 Å². The molecule has 140 valence electrons. The van der Waals surface area contributed by atoms with E-state index in [9.17, 15) is 14.0 Å². The number of thiazole rings is 1. The number of carbonyl (C=O) groups excluding carboxylic acids is 2. The number of benzene rings is 1. The molecule has 26 heavy (non-hydrogen) atoms. The summed E-state index contributed by atoms with van der Waals surface area (Å²) in [6.45, 7) is 10.9. The molecule has 2 amide bonds. The number of alkyl carbamates (subject to hydrolysis) is 1. The Labute approximate surface area is 155 Å². The van der Waals surface area contributed by atoms with Crippen molar-refractivity contribution in [3.05, 3.63) is 35.6 Å². The van der Waals surface area contributed by atoms with E-state index in [1.165, 1.54) is 23.5 Å². The van der Waals surface area contributed by atoms with Crippen LogP contribution in [0, 0.1) is 11.7 Å². The van der Waals surface area contributed by atoms with Gasteiger partial charge in [-0.15, -0.1) is 11.3 Å². The van der Waals surface area contributed by atoms with Gasteiger partial charge in [0.2, 0.25) is 5.91 Å². The van der Waals surface area contributed by atoms with E-state index in [2.05, 4.69) is 22.2 Å². The first-order chi connectivity index (χ1) is 12.2. The molecule has 0 fully saturated rings. The van der Waals surface area contributed by atoms with Crippen LogP contribution in [0.1, 0.15) is 32.7 Å². The number of ether oxygens (including phenoxy) is 1. The first-order valence-corrected chi connectivity index (χ1v) is 9.02. The molecule has 1 aromatic heterocycles. The number of hydrogen-bond donors (Lipinski definition) is 2. The van der Waals surface area contributed by atoms with E-state index < -0.39 is 18.0 Å². The fourth-order valence-electron chi connectivity index (χ4n) is 2.22. The Morgan fingerprint density at radius 1 is 1.27 bits per heavy atom. The summed E-state index contributed by atoms with van der Waals surface area (Å²) in [6.07, 6.45) is -0.945. The number of nitrogens with zero attached hydrogens (tertiary/aromatic N) is 1.